The van der Waals surface area contributed by atoms with Gasteiger partial charge >= 0.3 is 6.18 Å². The van der Waals surface area contributed by atoms with Crippen LogP contribution in [0.1, 0.15) is 36.9 Å². The number of rotatable bonds is 5. The molecule has 0 bridgehead atoms. The monoisotopic (exact) mass is 474 g/mol. The smallest absolute Gasteiger partial charge is 0.349 e. The standard InChI is InChI=1S/C21H22ClF3N2O3S/c1-14(15-5-3-2-4-6-15)26-20(28)16-9-11-27(12-10-16)31(29,30)17-7-8-19(22)18(13-17)21(23,24)25/h2-8,13-14,16H,9-12H2,1H3,(H,26,28). The van der Waals surface area contributed by atoms with E-state index in [-0.39, 0.29) is 43.8 Å². The molecule has 1 amide bonds. The first-order valence-electron chi connectivity index (χ1n) is 9.72. The van der Waals surface area contributed by atoms with Crippen molar-refractivity contribution in [3.63, 3.8) is 0 Å². The number of nitrogens with one attached hydrogen (secondary N) is 1. The van der Waals surface area contributed by atoms with Crippen molar-refractivity contribution in [1.29, 1.82) is 0 Å². The van der Waals surface area contributed by atoms with E-state index in [0.717, 1.165) is 22.0 Å². The van der Waals surface area contributed by atoms with Crippen molar-refractivity contribution in [2.45, 2.75) is 36.9 Å². The number of benzene rings is 2. The summed E-state index contributed by atoms with van der Waals surface area (Å²) in [5.41, 5.74) is -0.238. The third-order valence-electron chi connectivity index (χ3n) is 5.36. The van der Waals surface area contributed by atoms with Gasteiger partial charge in [-0.3, -0.25) is 4.79 Å². The normalized spacial score (nSPS) is 17.3. The van der Waals surface area contributed by atoms with Crippen molar-refractivity contribution in [3.8, 4) is 0 Å². The highest BCUT2D eigenvalue weighted by Gasteiger charge is 2.37. The molecule has 5 nitrogen and oxygen atoms in total. The van der Waals surface area contributed by atoms with Crippen molar-refractivity contribution in [1.82, 2.24) is 9.62 Å². The Morgan fingerprint density at radius 1 is 1.13 bits per heavy atom. The zero-order valence-electron chi connectivity index (χ0n) is 16.7. The average molecular weight is 475 g/mol. The Morgan fingerprint density at radius 2 is 1.74 bits per heavy atom. The van der Waals surface area contributed by atoms with Crippen LogP contribution in [0.15, 0.2) is 53.4 Å². The second-order valence-corrected chi connectivity index (χ2v) is 9.80. The molecule has 1 aliphatic heterocycles. The lowest BCUT2D eigenvalue weighted by molar-refractivity contribution is -0.137. The molecule has 31 heavy (non-hydrogen) atoms. The maximum atomic E-state index is 13.1. The van der Waals surface area contributed by atoms with Crippen molar-refractivity contribution >= 4 is 27.5 Å². The summed E-state index contributed by atoms with van der Waals surface area (Å²) >= 11 is 5.58. The quantitative estimate of drug-likeness (QED) is 0.686. The van der Waals surface area contributed by atoms with E-state index in [4.69, 9.17) is 11.6 Å². The fraction of sp³-hybridized carbons (Fsp3) is 0.381. The minimum atomic E-state index is -4.76. The van der Waals surface area contributed by atoms with E-state index < -0.39 is 31.7 Å². The number of alkyl halides is 3. The van der Waals surface area contributed by atoms with Crippen molar-refractivity contribution in [2.24, 2.45) is 5.92 Å². The van der Waals surface area contributed by atoms with Crippen LogP contribution >= 0.6 is 11.6 Å². The van der Waals surface area contributed by atoms with Gasteiger partial charge in [0, 0.05) is 19.0 Å². The number of piperidine rings is 1. The van der Waals surface area contributed by atoms with Gasteiger partial charge in [-0.2, -0.15) is 17.5 Å². The molecule has 1 atom stereocenters. The molecular formula is C21H22ClF3N2O3S. The van der Waals surface area contributed by atoms with Crippen LogP contribution in [0.4, 0.5) is 13.2 Å². The summed E-state index contributed by atoms with van der Waals surface area (Å²) in [5, 5.41) is 2.37. The first kappa shape index (κ1) is 23.6. The number of amides is 1. The maximum absolute atomic E-state index is 13.1. The van der Waals surface area contributed by atoms with Crippen LogP contribution in [0, 0.1) is 5.92 Å². The first-order valence-corrected chi connectivity index (χ1v) is 11.5. The molecule has 3 rings (SSSR count). The van der Waals surface area contributed by atoms with Crippen LogP contribution in [0.3, 0.4) is 0 Å². The van der Waals surface area contributed by atoms with Gasteiger partial charge in [-0.15, -0.1) is 0 Å². The molecule has 0 radical (unpaired) electrons. The zero-order valence-corrected chi connectivity index (χ0v) is 18.3. The maximum Gasteiger partial charge on any atom is 0.417 e. The van der Waals surface area contributed by atoms with Gasteiger partial charge in [0.25, 0.3) is 0 Å². The second kappa shape index (κ2) is 9.18. The molecule has 168 valence electrons. The van der Waals surface area contributed by atoms with Crippen LogP contribution in [-0.2, 0) is 21.0 Å². The third-order valence-corrected chi connectivity index (χ3v) is 7.59. The lowest BCUT2D eigenvalue weighted by Crippen LogP contribution is -2.43. The van der Waals surface area contributed by atoms with Gasteiger partial charge in [-0.1, -0.05) is 41.9 Å². The predicted molar refractivity (Wildman–Crippen MR) is 111 cm³/mol. The average Bonchev–Trinajstić information content (AvgIpc) is 2.73. The van der Waals surface area contributed by atoms with E-state index in [1.807, 2.05) is 37.3 Å². The number of hydrogen-bond donors (Lipinski definition) is 1. The SMILES string of the molecule is CC(NC(=O)C1CCN(S(=O)(=O)c2ccc(Cl)c(C(F)(F)F)c2)CC1)c1ccccc1. The third kappa shape index (κ3) is 5.39. The van der Waals surface area contributed by atoms with Crippen LogP contribution < -0.4 is 5.32 Å². The molecule has 0 aromatic heterocycles. The lowest BCUT2D eigenvalue weighted by Gasteiger charge is -2.31. The molecule has 1 aliphatic rings. The molecule has 0 saturated carbocycles. The van der Waals surface area contributed by atoms with Gasteiger partial charge < -0.3 is 5.32 Å². The van der Waals surface area contributed by atoms with Crippen LogP contribution in [0.2, 0.25) is 5.02 Å². The minimum absolute atomic E-state index is 0.0457. The fourth-order valence-corrected chi connectivity index (χ4v) is 5.27. The molecule has 1 fully saturated rings. The van der Waals surface area contributed by atoms with Crippen LogP contribution in [0.25, 0.3) is 0 Å². The van der Waals surface area contributed by atoms with Gasteiger partial charge in [0.2, 0.25) is 15.9 Å². The van der Waals surface area contributed by atoms with Gasteiger partial charge in [-0.25, -0.2) is 8.42 Å². The fourth-order valence-electron chi connectivity index (χ4n) is 3.55. The molecule has 1 saturated heterocycles. The van der Waals surface area contributed by atoms with E-state index >= 15 is 0 Å². The molecule has 2 aromatic carbocycles. The summed E-state index contributed by atoms with van der Waals surface area (Å²) in [4.78, 5) is 12.1. The summed E-state index contributed by atoms with van der Waals surface area (Å²) < 4.78 is 66.0. The number of halogens is 4. The van der Waals surface area contributed by atoms with Gasteiger partial charge in [-0.05, 0) is 43.5 Å². The summed E-state index contributed by atoms with van der Waals surface area (Å²) in [6.07, 6.45) is -4.19. The Morgan fingerprint density at radius 3 is 2.32 bits per heavy atom. The number of sulfonamides is 1. The molecule has 10 heteroatoms. The predicted octanol–water partition coefficient (Wildman–Crippen LogP) is 4.64. The van der Waals surface area contributed by atoms with E-state index in [2.05, 4.69) is 5.32 Å². The van der Waals surface area contributed by atoms with E-state index in [1.54, 1.807) is 0 Å². The molecule has 0 spiro atoms. The van der Waals surface area contributed by atoms with E-state index in [9.17, 15) is 26.4 Å². The molecule has 2 aromatic rings. The Kier molecular flexibility index (Phi) is 6.98. The summed E-state index contributed by atoms with van der Waals surface area (Å²) in [6, 6.07) is 11.8. The number of carbonyl (C=O) groups is 1. The van der Waals surface area contributed by atoms with Crippen LogP contribution in [0.5, 0.6) is 0 Å². The molecular weight excluding hydrogens is 453 g/mol. The highest BCUT2D eigenvalue weighted by Crippen LogP contribution is 2.36. The number of carbonyl (C=O) groups excluding carboxylic acids is 1. The molecule has 0 aliphatic carbocycles. The highest BCUT2D eigenvalue weighted by molar-refractivity contribution is 7.89. The second-order valence-electron chi connectivity index (χ2n) is 7.46. The Bertz CT molecular complexity index is 1040. The highest BCUT2D eigenvalue weighted by atomic mass is 35.5. The summed E-state index contributed by atoms with van der Waals surface area (Å²) in [7, 11) is -4.13. The first-order chi connectivity index (χ1) is 14.5. The Balaban J connectivity index is 1.65. The van der Waals surface area contributed by atoms with Gasteiger partial charge in [0.1, 0.15) is 0 Å². The number of nitrogens with zero attached hydrogens (tertiary/aromatic N) is 1. The molecule has 1 unspecified atom stereocenters. The zero-order chi connectivity index (χ0) is 22.8. The lowest BCUT2D eigenvalue weighted by atomic mass is 9.96. The van der Waals surface area contributed by atoms with Crippen LogP contribution in [-0.4, -0.2) is 31.7 Å². The van der Waals surface area contributed by atoms with Gasteiger partial charge in [0.15, 0.2) is 0 Å². The Labute approximate surface area is 184 Å². The summed E-state index contributed by atoms with van der Waals surface area (Å²) in [5.74, 6) is -0.534. The topological polar surface area (TPSA) is 66.5 Å². The van der Waals surface area contributed by atoms with Gasteiger partial charge in [0.05, 0.1) is 21.5 Å². The van der Waals surface area contributed by atoms with E-state index in [1.165, 1.54) is 0 Å². The minimum Gasteiger partial charge on any atom is -0.349 e. The largest absolute Gasteiger partial charge is 0.417 e. The number of hydrogen-bond acceptors (Lipinski definition) is 3. The Hall–Kier alpha value is -2.10. The molecule has 1 heterocycles. The van der Waals surface area contributed by atoms with Crippen molar-refractivity contribution in [2.75, 3.05) is 13.1 Å². The van der Waals surface area contributed by atoms with E-state index in [0.29, 0.717) is 6.07 Å². The molecule has 1 N–H and O–H groups in total. The summed E-state index contributed by atoms with van der Waals surface area (Å²) in [6.45, 7) is 1.96. The van der Waals surface area contributed by atoms with Crippen molar-refractivity contribution in [3.05, 3.63) is 64.7 Å². The van der Waals surface area contributed by atoms with Crippen molar-refractivity contribution < 1.29 is 26.4 Å².